The minimum atomic E-state index is -0.367. The number of hydrogen-bond acceptors (Lipinski definition) is 4. The second kappa shape index (κ2) is 5.27. The van der Waals surface area contributed by atoms with E-state index in [0.29, 0.717) is 23.7 Å². The summed E-state index contributed by atoms with van der Waals surface area (Å²) in [7, 11) is 1.54. The molecule has 5 heteroatoms. The van der Waals surface area contributed by atoms with Crippen LogP contribution in [0.1, 0.15) is 13.3 Å². The summed E-state index contributed by atoms with van der Waals surface area (Å²) in [6, 6.07) is 5.15. The van der Waals surface area contributed by atoms with Gasteiger partial charge < -0.3 is 20.5 Å². The van der Waals surface area contributed by atoms with Gasteiger partial charge in [0.25, 0.3) is 5.91 Å². The summed E-state index contributed by atoms with van der Waals surface area (Å²) in [5.41, 5.74) is 6.92. The molecule has 1 aromatic carbocycles. The molecular formula is C13H18N2O3. The van der Waals surface area contributed by atoms with Gasteiger partial charge in [0.05, 0.1) is 12.8 Å². The average molecular weight is 250 g/mol. The Kier molecular flexibility index (Phi) is 3.72. The molecule has 0 saturated carbocycles. The molecular weight excluding hydrogens is 232 g/mol. The van der Waals surface area contributed by atoms with Gasteiger partial charge in [0.2, 0.25) is 0 Å². The topological polar surface area (TPSA) is 73.6 Å². The molecule has 1 aromatic rings. The number of nitrogens with two attached hydrogens (primary N) is 1. The Morgan fingerprint density at radius 3 is 2.94 bits per heavy atom. The van der Waals surface area contributed by atoms with Crippen LogP contribution in [0.3, 0.4) is 0 Å². The SMILES string of the molecule is COc1cc(NC(=O)C2OCCC2C)ccc1N. The van der Waals surface area contributed by atoms with Crippen LogP contribution in [0.4, 0.5) is 11.4 Å². The van der Waals surface area contributed by atoms with Gasteiger partial charge in [-0.1, -0.05) is 6.92 Å². The van der Waals surface area contributed by atoms with Gasteiger partial charge in [-0.15, -0.1) is 0 Å². The van der Waals surface area contributed by atoms with E-state index in [1.54, 1.807) is 25.3 Å². The molecule has 1 saturated heterocycles. The molecule has 2 unspecified atom stereocenters. The van der Waals surface area contributed by atoms with Crippen LogP contribution in [0.15, 0.2) is 18.2 Å². The lowest BCUT2D eigenvalue weighted by Crippen LogP contribution is -2.31. The maximum absolute atomic E-state index is 12.0. The number of amides is 1. The van der Waals surface area contributed by atoms with Crippen LogP contribution in [-0.4, -0.2) is 25.7 Å². The zero-order chi connectivity index (χ0) is 13.1. The number of nitrogen functional groups attached to an aromatic ring is 1. The number of hydrogen-bond donors (Lipinski definition) is 2. The molecule has 2 atom stereocenters. The number of carbonyl (C=O) groups excluding carboxylic acids is 1. The second-order valence-electron chi connectivity index (χ2n) is 4.50. The molecule has 18 heavy (non-hydrogen) atoms. The third-order valence-corrected chi connectivity index (χ3v) is 3.15. The van der Waals surface area contributed by atoms with Crippen LogP contribution in [0.5, 0.6) is 5.75 Å². The molecule has 98 valence electrons. The molecule has 0 spiro atoms. The molecule has 0 bridgehead atoms. The summed E-state index contributed by atoms with van der Waals surface area (Å²) < 4.78 is 10.5. The molecule has 5 nitrogen and oxygen atoms in total. The lowest BCUT2D eigenvalue weighted by atomic mass is 10.0. The fourth-order valence-corrected chi connectivity index (χ4v) is 2.03. The largest absolute Gasteiger partial charge is 0.495 e. The van der Waals surface area contributed by atoms with Crippen LogP contribution < -0.4 is 15.8 Å². The predicted octanol–water partition coefficient (Wildman–Crippen LogP) is 1.64. The fourth-order valence-electron chi connectivity index (χ4n) is 2.03. The van der Waals surface area contributed by atoms with E-state index in [1.165, 1.54) is 0 Å². The molecule has 1 aliphatic rings. The first-order valence-corrected chi connectivity index (χ1v) is 5.98. The van der Waals surface area contributed by atoms with E-state index in [9.17, 15) is 4.79 Å². The minimum Gasteiger partial charge on any atom is -0.495 e. The van der Waals surface area contributed by atoms with Crippen molar-refractivity contribution in [2.75, 3.05) is 24.8 Å². The Balaban J connectivity index is 2.07. The first kappa shape index (κ1) is 12.7. The van der Waals surface area contributed by atoms with E-state index in [0.717, 1.165) is 6.42 Å². The second-order valence-corrected chi connectivity index (χ2v) is 4.50. The van der Waals surface area contributed by atoms with Gasteiger partial charge in [0.15, 0.2) is 0 Å². The van der Waals surface area contributed by atoms with Crippen LogP contribution in [0.25, 0.3) is 0 Å². The summed E-state index contributed by atoms with van der Waals surface area (Å²) in [6.07, 6.45) is 0.553. The zero-order valence-corrected chi connectivity index (χ0v) is 10.6. The number of carbonyl (C=O) groups is 1. The summed E-state index contributed by atoms with van der Waals surface area (Å²) in [5, 5.41) is 2.82. The molecule has 1 aliphatic heterocycles. The van der Waals surface area contributed by atoms with Crippen LogP contribution >= 0.6 is 0 Å². The Labute approximate surface area is 106 Å². The number of methoxy groups -OCH3 is 1. The van der Waals surface area contributed by atoms with Crippen LogP contribution in [0, 0.1) is 5.92 Å². The lowest BCUT2D eigenvalue weighted by Gasteiger charge is -2.15. The zero-order valence-electron chi connectivity index (χ0n) is 10.6. The van der Waals surface area contributed by atoms with Crippen molar-refractivity contribution >= 4 is 17.3 Å². The van der Waals surface area contributed by atoms with E-state index in [-0.39, 0.29) is 17.9 Å². The molecule has 1 heterocycles. The van der Waals surface area contributed by atoms with Crippen molar-refractivity contribution in [1.82, 2.24) is 0 Å². The smallest absolute Gasteiger partial charge is 0.253 e. The average Bonchev–Trinajstić information content (AvgIpc) is 2.78. The molecule has 0 aliphatic carbocycles. The van der Waals surface area contributed by atoms with Gasteiger partial charge in [-0.2, -0.15) is 0 Å². The van der Waals surface area contributed by atoms with Crippen molar-refractivity contribution < 1.29 is 14.3 Å². The van der Waals surface area contributed by atoms with Gasteiger partial charge in [0, 0.05) is 18.4 Å². The van der Waals surface area contributed by atoms with Crippen LogP contribution in [0.2, 0.25) is 0 Å². The highest BCUT2D eigenvalue weighted by atomic mass is 16.5. The maximum Gasteiger partial charge on any atom is 0.253 e. The molecule has 1 fully saturated rings. The number of ether oxygens (including phenoxy) is 2. The van der Waals surface area contributed by atoms with Crippen LogP contribution in [-0.2, 0) is 9.53 Å². The lowest BCUT2D eigenvalue weighted by molar-refractivity contribution is -0.126. The van der Waals surface area contributed by atoms with E-state index in [1.807, 2.05) is 6.92 Å². The van der Waals surface area contributed by atoms with Crippen molar-refractivity contribution in [1.29, 1.82) is 0 Å². The van der Waals surface area contributed by atoms with E-state index in [4.69, 9.17) is 15.2 Å². The van der Waals surface area contributed by atoms with Gasteiger partial charge >= 0.3 is 0 Å². The number of benzene rings is 1. The molecule has 0 aromatic heterocycles. The first-order valence-electron chi connectivity index (χ1n) is 5.98. The predicted molar refractivity (Wildman–Crippen MR) is 69.6 cm³/mol. The van der Waals surface area contributed by atoms with Gasteiger partial charge in [-0.25, -0.2) is 0 Å². The molecule has 0 radical (unpaired) electrons. The first-order chi connectivity index (χ1) is 8.61. The number of nitrogens with one attached hydrogen (secondary N) is 1. The van der Waals surface area contributed by atoms with Gasteiger partial charge in [-0.05, 0) is 24.5 Å². The quantitative estimate of drug-likeness (QED) is 0.800. The fraction of sp³-hybridized carbons (Fsp3) is 0.462. The maximum atomic E-state index is 12.0. The molecule has 3 N–H and O–H groups in total. The Morgan fingerprint density at radius 2 is 2.33 bits per heavy atom. The summed E-state index contributed by atoms with van der Waals surface area (Å²) in [6.45, 7) is 2.66. The van der Waals surface area contributed by atoms with Gasteiger partial charge in [0.1, 0.15) is 11.9 Å². The van der Waals surface area contributed by atoms with Gasteiger partial charge in [-0.3, -0.25) is 4.79 Å². The Bertz CT molecular complexity index is 448. The number of rotatable bonds is 3. The molecule has 1 amide bonds. The summed E-state index contributed by atoms with van der Waals surface area (Å²) in [5.74, 6) is 0.681. The normalized spacial score (nSPS) is 22.8. The van der Waals surface area contributed by atoms with Crippen molar-refractivity contribution in [3.8, 4) is 5.75 Å². The minimum absolute atomic E-state index is 0.119. The van der Waals surface area contributed by atoms with E-state index >= 15 is 0 Å². The third kappa shape index (κ3) is 2.56. The van der Waals surface area contributed by atoms with E-state index < -0.39 is 0 Å². The summed E-state index contributed by atoms with van der Waals surface area (Å²) >= 11 is 0. The standard InChI is InChI=1S/C13H18N2O3/c1-8-5-6-18-12(8)13(16)15-9-3-4-10(14)11(7-9)17-2/h3-4,7-8,12H,5-6,14H2,1-2H3,(H,15,16). The highest BCUT2D eigenvalue weighted by molar-refractivity contribution is 5.95. The van der Waals surface area contributed by atoms with Crippen molar-refractivity contribution in [2.45, 2.75) is 19.4 Å². The third-order valence-electron chi connectivity index (χ3n) is 3.15. The Hall–Kier alpha value is -1.75. The Morgan fingerprint density at radius 1 is 1.56 bits per heavy atom. The summed E-state index contributed by atoms with van der Waals surface area (Å²) in [4.78, 5) is 12.0. The van der Waals surface area contributed by atoms with Crippen molar-refractivity contribution in [3.63, 3.8) is 0 Å². The van der Waals surface area contributed by atoms with Crippen molar-refractivity contribution in [3.05, 3.63) is 18.2 Å². The highest BCUT2D eigenvalue weighted by Crippen LogP contribution is 2.26. The highest BCUT2D eigenvalue weighted by Gasteiger charge is 2.30. The van der Waals surface area contributed by atoms with E-state index in [2.05, 4.69) is 5.32 Å². The van der Waals surface area contributed by atoms with Crippen molar-refractivity contribution in [2.24, 2.45) is 5.92 Å². The monoisotopic (exact) mass is 250 g/mol. The number of anilines is 2. The molecule has 2 rings (SSSR count).